The van der Waals surface area contributed by atoms with Gasteiger partial charge in [-0.15, -0.1) is 0 Å². The lowest BCUT2D eigenvalue weighted by molar-refractivity contribution is -0.137. The summed E-state index contributed by atoms with van der Waals surface area (Å²) in [5.41, 5.74) is 9.67. The van der Waals surface area contributed by atoms with E-state index in [2.05, 4.69) is 4.99 Å². The average molecular weight is 265 g/mol. The van der Waals surface area contributed by atoms with Gasteiger partial charge in [-0.1, -0.05) is 0 Å². The first kappa shape index (κ1) is 15.5. The van der Waals surface area contributed by atoms with Gasteiger partial charge in [0, 0.05) is 0 Å². The Labute approximate surface area is 99.4 Å². The highest BCUT2D eigenvalue weighted by atomic mass is 19.4. The number of nitrogens with two attached hydrogens (primary N) is 2. The van der Waals surface area contributed by atoms with Gasteiger partial charge in [-0.2, -0.15) is 13.2 Å². The number of hydrogen-bond donors (Lipinski definition) is 4. The zero-order chi connectivity index (χ0) is 14.3. The van der Waals surface area contributed by atoms with Crippen LogP contribution >= 0.6 is 0 Å². The van der Waals surface area contributed by atoms with Gasteiger partial charge < -0.3 is 21.7 Å². The number of guanidine groups is 1. The molecular formula is C9H10F3N3O3. The number of aliphatic imine (C=N–C) groups is 1. The normalized spacial score (nSPS) is 9.94. The van der Waals surface area contributed by atoms with Crippen molar-refractivity contribution in [1.82, 2.24) is 0 Å². The van der Waals surface area contributed by atoms with Crippen LogP contribution in [-0.4, -0.2) is 22.3 Å². The molecule has 0 spiro atoms. The van der Waals surface area contributed by atoms with E-state index in [4.69, 9.17) is 26.5 Å². The quantitative estimate of drug-likeness (QED) is 0.455. The molecule has 0 amide bonds. The van der Waals surface area contributed by atoms with Crippen LogP contribution in [0.4, 0.5) is 23.7 Å². The molecule has 0 aliphatic rings. The van der Waals surface area contributed by atoms with Crippen molar-refractivity contribution in [3.8, 4) is 0 Å². The van der Waals surface area contributed by atoms with E-state index in [-0.39, 0.29) is 11.6 Å². The van der Waals surface area contributed by atoms with E-state index in [1.54, 1.807) is 0 Å². The maximum atomic E-state index is 12.1. The zero-order valence-corrected chi connectivity index (χ0v) is 8.85. The van der Waals surface area contributed by atoms with Gasteiger partial charge in [0.1, 0.15) is 0 Å². The Kier molecular flexibility index (Phi) is 5.46. The Morgan fingerprint density at radius 2 is 1.50 bits per heavy atom. The topological polar surface area (TPSA) is 122 Å². The van der Waals surface area contributed by atoms with Crippen LogP contribution in [0.5, 0.6) is 0 Å². The Morgan fingerprint density at radius 1 is 1.11 bits per heavy atom. The molecule has 0 saturated carbocycles. The lowest BCUT2D eigenvalue weighted by Gasteiger charge is -2.05. The van der Waals surface area contributed by atoms with Crippen molar-refractivity contribution in [3.05, 3.63) is 29.8 Å². The molecule has 0 aromatic heterocycles. The molecule has 0 saturated heterocycles. The third kappa shape index (κ3) is 6.93. The lowest BCUT2D eigenvalue weighted by atomic mass is 10.2. The van der Waals surface area contributed by atoms with Gasteiger partial charge in [0.25, 0.3) is 0 Å². The first-order valence-electron chi connectivity index (χ1n) is 4.31. The molecule has 0 fully saturated rings. The predicted octanol–water partition coefficient (Wildman–Crippen LogP) is 1.83. The third-order valence-corrected chi connectivity index (χ3v) is 1.45. The predicted molar refractivity (Wildman–Crippen MR) is 57.6 cm³/mol. The molecule has 1 aromatic rings. The number of carbonyl (C=O) groups is 1. The molecule has 0 aliphatic heterocycles. The van der Waals surface area contributed by atoms with Crippen molar-refractivity contribution in [2.75, 3.05) is 0 Å². The summed E-state index contributed by atoms with van der Waals surface area (Å²) in [7, 11) is 0. The van der Waals surface area contributed by atoms with Gasteiger partial charge >= 0.3 is 12.3 Å². The van der Waals surface area contributed by atoms with Gasteiger partial charge in [-0.05, 0) is 24.3 Å². The highest BCUT2D eigenvalue weighted by molar-refractivity contribution is 5.78. The minimum atomic E-state index is -4.34. The highest BCUT2D eigenvalue weighted by Gasteiger charge is 2.29. The van der Waals surface area contributed by atoms with Crippen molar-refractivity contribution in [1.29, 1.82) is 0 Å². The van der Waals surface area contributed by atoms with Crippen molar-refractivity contribution in [3.63, 3.8) is 0 Å². The maximum absolute atomic E-state index is 12.1. The van der Waals surface area contributed by atoms with Gasteiger partial charge in [0.15, 0.2) is 5.96 Å². The van der Waals surface area contributed by atoms with Gasteiger partial charge in [-0.25, -0.2) is 9.79 Å². The Hall–Kier alpha value is -2.45. The third-order valence-electron chi connectivity index (χ3n) is 1.45. The summed E-state index contributed by atoms with van der Waals surface area (Å²) in [6.07, 6.45) is -6.17. The standard InChI is InChI=1S/C8H8F3N3.CH2O3/c9-8(10,11)5-1-3-6(4-2-5)14-7(12)13;2-1(3)4/h1-4H,(H4,12,13,14);(H2,2,3,4). The number of hydrogen-bond acceptors (Lipinski definition) is 2. The van der Waals surface area contributed by atoms with Crippen LogP contribution in [0.25, 0.3) is 0 Å². The summed E-state index contributed by atoms with van der Waals surface area (Å²) < 4.78 is 36.3. The molecule has 0 bridgehead atoms. The fourth-order valence-corrected chi connectivity index (χ4v) is 0.874. The van der Waals surface area contributed by atoms with Crippen molar-refractivity contribution in [2.24, 2.45) is 16.5 Å². The van der Waals surface area contributed by atoms with Crippen LogP contribution in [0, 0.1) is 0 Å². The average Bonchev–Trinajstić information content (AvgIpc) is 2.14. The van der Waals surface area contributed by atoms with Crippen molar-refractivity contribution >= 4 is 17.8 Å². The number of carboxylic acid groups (broad SMARTS) is 2. The number of halogens is 3. The van der Waals surface area contributed by atoms with E-state index < -0.39 is 17.9 Å². The monoisotopic (exact) mass is 265 g/mol. The molecule has 6 nitrogen and oxygen atoms in total. The summed E-state index contributed by atoms with van der Waals surface area (Å²) in [5, 5.41) is 13.9. The minimum absolute atomic E-state index is 0.190. The van der Waals surface area contributed by atoms with E-state index in [1.165, 1.54) is 12.1 Å². The molecule has 6 N–H and O–H groups in total. The molecule has 0 unspecified atom stereocenters. The van der Waals surface area contributed by atoms with Crippen LogP contribution < -0.4 is 11.5 Å². The summed E-state index contributed by atoms with van der Waals surface area (Å²) in [5.74, 6) is -0.190. The summed E-state index contributed by atoms with van der Waals surface area (Å²) in [6.45, 7) is 0. The molecule has 100 valence electrons. The highest BCUT2D eigenvalue weighted by Crippen LogP contribution is 2.30. The van der Waals surface area contributed by atoms with Crippen molar-refractivity contribution < 1.29 is 28.2 Å². The first-order chi connectivity index (χ1) is 8.12. The van der Waals surface area contributed by atoms with E-state index in [1.807, 2.05) is 0 Å². The second kappa shape index (κ2) is 6.33. The molecule has 0 radical (unpaired) electrons. The second-order valence-electron chi connectivity index (χ2n) is 2.86. The molecule has 0 atom stereocenters. The Morgan fingerprint density at radius 3 is 1.78 bits per heavy atom. The van der Waals surface area contributed by atoms with Gasteiger partial charge in [-0.3, -0.25) is 0 Å². The van der Waals surface area contributed by atoms with E-state index in [0.717, 1.165) is 12.1 Å². The Balaban J connectivity index is 0.000000631. The van der Waals surface area contributed by atoms with E-state index in [9.17, 15) is 13.2 Å². The first-order valence-corrected chi connectivity index (χ1v) is 4.31. The largest absolute Gasteiger partial charge is 0.503 e. The van der Waals surface area contributed by atoms with E-state index >= 15 is 0 Å². The molecular weight excluding hydrogens is 255 g/mol. The van der Waals surface area contributed by atoms with Gasteiger partial charge in [0.05, 0.1) is 11.3 Å². The second-order valence-corrected chi connectivity index (χ2v) is 2.86. The van der Waals surface area contributed by atoms with Crippen LogP contribution in [0.15, 0.2) is 29.3 Å². The minimum Gasteiger partial charge on any atom is -0.450 e. The summed E-state index contributed by atoms with van der Waals surface area (Å²) in [6, 6.07) is 4.23. The number of benzene rings is 1. The SMILES string of the molecule is NC(N)=Nc1ccc(C(F)(F)F)cc1.O=C(O)O. The number of nitrogens with zero attached hydrogens (tertiary/aromatic N) is 1. The van der Waals surface area contributed by atoms with Crippen LogP contribution in [0.1, 0.15) is 5.56 Å². The molecule has 1 rings (SSSR count). The van der Waals surface area contributed by atoms with Crippen LogP contribution in [0.2, 0.25) is 0 Å². The van der Waals surface area contributed by atoms with Crippen LogP contribution in [0.3, 0.4) is 0 Å². The number of alkyl halides is 3. The summed E-state index contributed by atoms with van der Waals surface area (Å²) in [4.78, 5) is 12.1. The van der Waals surface area contributed by atoms with Crippen LogP contribution in [-0.2, 0) is 6.18 Å². The van der Waals surface area contributed by atoms with Gasteiger partial charge in [0.2, 0.25) is 0 Å². The molecule has 18 heavy (non-hydrogen) atoms. The molecule has 9 heteroatoms. The molecule has 1 aromatic carbocycles. The Bertz CT molecular complexity index is 421. The molecule has 0 aliphatic carbocycles. The fraction of sp³-hybridized carbons (Fsp3) is 0.111. The molecule has 0 heterocycles. The zero-order valence-electron chi connectivity index (χ0n) is 8.85. The fourth-order valence-electron chi connectivity index (χ4n) is 0.874. The lowest BCUT2D eigenvalue weighted by Crippen LogP contribution is -2.21. The van der Waals surface area contributed by atoms with Crippen molar-refractivity contribution in [2.45, 2.75) is 6.18 Å². The van der Waals surface area contributed by atoms with E-state index in [0.29, 0.717) is 0 Å². The number of rotatable bonds is 1. The maximum Gasteiger partial charge on any atom is 0.503 e. The summed E-state index contributed by atoms with van der Waals surface area (Å²) >= 11 is 0. The smallest absolute Gasteiger partial charge is 0.450 e.